The fraction of sp³-hybridized carbons (Fsp3) is 0.278. The molecule has 0 heterocycles. The molecule has 522 valence electrons. The fourth-order valence-corrected chi connectivity index (χ4v) is 13.0. The Morgan fingerprint density at radius 1 is 0.324 bits per heavy atom. The minimum absolute atomic E-state index is 0.0810. The van der Waals surface area contributed by atoms with Crippen molar-refractivity contribution in [3.05, 3.63) is 321 Å². The summed E-state index contributed by atoms with van der Waals surface area (Å²) in [6.07, 6.45) is 4.72. The van der Waals surface area contributed by atoms with Gasteiger partial charge in [-0.25, -0.2) is 0 Å². The van der Waals surface area contributed by atoms with Gasteiger partial charge in [-0.15, -0.1) is 0 Å². The van der Waals surface area contributed by atoms with Gasteiger partial charge in [0.05, 0.1) is 6.61 Å². The monoisotopic (exact) mass is 1380 g/mol. The third kappa shape index (κ3) is 21.1. The van der Waals surface area contributed by atoms with Crippen LogP contribution >= 0.6 is 11.6 Å². The van der Waals surface area contributed by atoms with Gasteiger partial charge < -0.3 is 31.3 Å². The summed E-state index contributed by atoms with van der Waals surface area (Å²) in [6.45, 7) is 17.3. The minimum atomic E-state index is 0.0810. The molecule has 5 fully saturated rings. The molecular weight excluding hydrogens is 1280 g/mol. The Bertz CT molecular complexity index is 4290. The van der Waals surface area contributed by atoms with Crippen LogP contribution in [0.2, 0.25) is 5.02 Å². The van der Waals surface area contributed by atoms with E-state index in [9.17, 15) is 24.0 Å². The molecule has 5 aliphatic rings. The maximum absolute atomic E-state index is 12.3. The first-order valence-corrected chi connectivity index (χ1v) is 36.3. The number of benzene rings is 10. The van der Waals surface area contributed by atoms with E-state index < -0.39 is 0 Å². The maximum atomic E-state index is 12.3. The molecule has 0 aromatic heterocycles. The van der Waals surface area contributed by atoms with Gasteiger partial charge in [0.1, 0.15) is 5.75 Å². The number of hydrogen-bond acceptors (Lipinski definition) is 6. The number of nitrogens with one attached hydrogen (secondary N) is 5. The molecule has 5 N–H and O–H groups in total. The molecule has 0 spiro atoms. The van der Waals surface area contributed by atoms with Crippen LogP contribution in [0.1, 0.15) is 150 Å². The predicted molar refractivity (Wildman–Crippen MR) is 416 cm³/mol. The normalized spacial score (nSPS) is 20.3. The zero-order valence-electron chi connectivity index (χ0n) is 59.7. The highest BCUT2D eigenvalue weighted by molar-refractivity contribution is 6.30. The van der Waals surface area contributed by atoms with Crippen LogP contribution in [0.3, 0.4) is 0 Å². The second-order valence-corrected chi connectivity index (χ2v) is 28.7. The fourth-order valence-electron chi connectivity index (χ4n) is 12.8. The second kappa shape index (κ2) is 34.3. The van der Waals surface area contributed by atoms with Gasteiger partial charge in [-0.3, -0.25) is 24.0 Å². The van der Waals surface area contributed by atoms with E-state index in [0.29, 0.717) is 42.1 Å². The Labute approximate surface area is 607 Å². The lowest BCUT2D eigenvalue weighted by Crippen LogP contribution is -2.14. The summed E-state index contributed by atoms with van der Waals surface area (Å²) in [6, 6.07) is 84.6. The predicted octanol–water partition coefficient (Wildman–Crippen LogP) is 20.9. The van der Waals surface area contributed by atoms with Gasteiger partial charge in [-0.1, -0.05) is 223 Å². The van der Waals surface area contributed by atoms with Crippen LogP contribution in [0.4, 0.5) is 28.4 Å². The topological polar surface area (TPSA) is 155 Å². The van der Waals surface area contributed by atoms with Crippen LogP contribution < -0.4 is 31.3 Å². The summed E-state index contributed by atoms with van der Waals surface area (Å²) >= 11 is 5.88. The first-order chi connectivity index (χ1) is 49.3. The number of amides is 5. The Hall–Kier alpha value is -10.4. The summed E-state index contributed by atoms with van der Waals surface area (Å²) in [5.74, 6) is 4.43. The van der Waals surface area contributed by atoms with Crippen molar-refractivity contribution >= 4 is 69.6 Å². The molecule has 102 heavy (non-hydrogen) atoms. The van der Waals surface area contributed by atoms with E-state index in [-0.39, 0.29) is 59.1 Å². The van der Waals surface area contributed by atoms with Crippen molar-refractivity contribution in [3.8, 4) is 5.75 Å². The minimum Gasteiger partial charge on any atom is -0.494 e. The molecule has 12 heteroatoms. The lowest BCUT2D eigenvalue weighted by Gasteiger charge is -2.07. The zero-order chi connectivity index (χ0) is 71.8. The Balaban J connectivity index is 0.000000128. The largest absolute Gasteiger partial charge is 0.494 e. The number of rotatable bonds is 18. The number of anilines is 5. The number of aryl methyl sites for hydroxylation is 5. The second-order valence-electron chi connectivity index (χ2n) is 28.2. The van der Waals surface area contributed by atoms with Crippen LogP contribution in [0.25, 0.3) is 0 Å². The van der Waals surface area contributed by atoms with E-state index in [1.165, 1.54) is 61.2 Å². The van der Waals surface area contributed by atoms with E-state index in [0.717, 1.165) is 71.3 Å². The summed E-state index contributed by atoms with van der Waals surface area (Å²) in [5, 5.41) is 15.7. The quantitative estimate of drug-likeness (QED) is 0.0576. The number of carbonyl (C=O) groups is 5. The molecule has 10 aromatic carbocycles. The lowest BCUT2D eigenvalue weighted by atomic mass is 10.00. The average molecular weight is 1380 g/mol. The van der Waals surface area contributed by atoms with Crippen LogP contribution in [0, 0.1) is 64.2 Å². The van der Waals surface area contributed by atoms with Crippen molar-refractivity contribution in [3.63, 3.8) is 0 Å². The number of para-hydroxylation sites is 2. The van der Waals surface area contributed by atoms with Gasteiger partial charge in [0, 0.05) is 63.0 Å². The van der Waals surface area contributed by atoms with Crippen molar-refractivity contribution in [1.82, 2.24) is 0 Å². The molecule has 5 saturated carbocycles. The summed E-state index contributed by atoms with van der Waals surface area (Å²) in [7, 11) is 0. The molecule has 0 radical (unpaired) electrons. The first-order valence-electron chi connectivity index (χ1n) is 35.9. The van der Waals surface area contributed by atoms with E-state index in [4.69, 9.17) is 16.3 Å². The van der Waals surface area contributed by atoms with Crippen LogP contribution in [-0.4, -0.2) is 36.1 Å². The highest BCUT2D eigenvalue weighted by atomic mass is 35.5. The van der Waals surface area contributed by atoms with Gasteiger partial charge in [-0.2, -0.15) is 0 Å². The maximum Gasteiger partial charge on any atom is 0.228 e. The first kappa shape index (κ1) is 72.9. The molecular formula is C90H94ClN5O6. The molecule has 10 unspecified atom stereocenters. The van der Waals surface area contributed by atoms with Crippen LogP contribution in [0.15, 0.2) is 255 Å². The summed E-state index contributed by atoms with van der Waals surface area (Å²) < 4.78 is 5.44. The number of ether oxygens (including phenoxy) is 1. The van der Waals surface area contributed by atoms with Crippen molar-refractivity contribution in [2.45, 2.75) is 123 Å². The molecule has 10 atom stereocenters. The Kier molecular flexibility index (Phi) is 24.5. The zero-order valence-corrected chi connectivity index (χ0v) is 60.4. The van der Waals surface area contributed by atoms with E-state index in [1.807, 2.05) is 198 Å². The molecule has 11 nitrogen and oxygen atoms in total. The molecule has 15 rings (SSSR count). The third-order valence-electron chi connectivity index (χ3n) is 19.6. The van der Waals surface area contributed by atoms with Crippen molar-refractivity contribution in [2.75, 3.05) is 33.2 Å². The van der Waals surface area contributed by atoms with Gasteiger partial charge in [0.15, 0.2) is 0 Å². The molecule has 5 aliphatic carbocycles. The van der Waals surface area contributed by atoms with Crippen LogP contribution in [-0.2, 0) is 24.0 Å². The number of carbonyl (C=O) groups excluding carboxylic acids is 5. The van der Waals surface area contributed by atoms with E-state index in [2.05, 4.69) is 139 Å². The van der Waals surface area contributed by atoms with Crippen molar-refractivity contribution in [2.24, 2.45) is 29.6 Å². The Morgan fingerprint density at radius 2 is 0.549 bits per heavy atom. The van der Waals surface area contributed by atoms with Crippen LogP contribution in [0.5, 0.6) is 5.75 Å². The SMILES string of the molecule is CCOc1ccc(C2CC2C(=O)Nc2ccc(C)cc2)cc1.Cc1ccc(C2CC2C(=O)Nc2ccccc2)cc1.Cc1ccc(C2CC2C(=O)Nc2ccccc2)cc1.Cc1ccc(NC(=O)C2CC2c2ccc(C(C)C)cc2)cc1.Cc1ccc(NC(=O)C2CC2c2ccc(Cl)cc2)cc1. The van der Waals surface area contributed by atoms with Gasteiger partial charge >= 0.3 is 0 Å². The van der Waals surface area contributed by atoms with Crippen molar-refractivity contribution in [1.29, 1.82) is 0 Å². The molecule has 0 saturated heterocycles. The standard InChI is InChI=1S/C20H23NO.C19H21NO2.C17H16ClNO.2C17H17NO/c1-13(2)15-6-8-16(9-7-15)18-12-19(18)20(22)21-17-10-4-14(3)5-11-17;1-3-22-16-10-6-14(7-11-16)17-12-18(17)19(21)20-15-8-4-13(2)5-9-15;1-11-2-8-14(9-3-11)19-17(20)16-10-15(16)12-4-6-13(18)7-5-12;2*1-12-7-9-13(10-8-12)15-11-16(15)17(19)18-14-5-3-2-4-6-14/h4-11,13,18-19H,12H2,1-3H3,(H,21,22);4-11,17-18H,3,12H2,1-2H3,(H,20,21);2-9,15-16H,10H2,1H3,(H,19,20);2*2-10,15-16H,11H2,1H3,(H,18,19). The van der Waals surface area contributed by atoms with Gasteiger partial charge in [0.2, 0.25) is 29.5 Å². The molecule has 0 bridgehead atoms. The summed E-state index contributed by atoms with van der Waals surface area (Å²) in [5.41, 5.74) is 18.1. The highest BCUT2D eigenvalue weighted by Crippen LogP contribution is 2.52. The number of hydrogen-bond donors (Lipinski definition) is 5. The lowest BCUT2D eigenvalue weighted by molar-refractivity contribution is -0.118. The number of halogens is 1. The Morgan fingerprint density at radius 3 is 0.804 bits per heavy atom. The van der Waals surface area contributed by atoms with Gasteiger partial charge in [0.25, 0.3) is 0 Å². The average Bonchev–Trinajstić information content (AvgIpc) is 1.67. The van der Waals surface area contributed by atoms with E-state index in [1.54, 1.807) is 0 Å². The van der Waals surface area contributed by atoms with Gasteiger partial charge in [-0.05, 0) is 227 Å². The van der Waals surface area contributed by atoms with Crippen molar-refractivity contribution < 1.29 is 28.7 Å². The summed E-state index contributed by atoms with van der Waals surface area (Å²) in [4.78, 5) is 61.0. The molecule has 10 aromatic rings. The molecule has 5 amide bonds. The third-order valence-corrected chi connectivity index (χ3v) is 19.9. The van der Waals surface area contributed by atoms with E-state index >= 15 is 0 Å². The smallest absolute Gasteiger partial charge is 0.228 e. The molecule has 0 aliphatic heterocycles. The highest BCUT2D eigenvalue weighted by Gasteiger charge is 2.47.